The topological polar surface area (TPSA) is 120 Å². The third kappa shape index (κ3) is 8.63. The van der Waals surface area contributed by atoms with Crippen molar-refractivity contribution >= 4 is 35.1 Å². The molecule has 2 N–H and O–H groups in total. The zero-order valence-corrected chi connectivity index (χ0v) is 23.4. The van der Waals surface area contributed by atoms with Crippen LogP contribution >= 0.6 is 11.3 Å². The molecule has 2 aromatic rings. The molecule has 0 saturated carbocycles. The predicted octanol–water partition coefficient (Wildman–Crippen LogP) is 4.63. The van der Waals surface area contributed by atoms with Crippen molar-refractivity contribution in [3.63, 3.8) is 0 Å². The normalized spacial score (nSPS) is 12.0. The molecule has 208 valence electrons. The zero-order chi connectivity index (χ0) is 28.5. The smallest absolute Gasteiger partial charge is 0.407 e. The predicted molar refractivity (Wildman–Crippen MR) is 142 cm³/mol. The number of benzene rings is 1. The fourth-order valence-electron chi connectivity index (χ4n) is 3.64. The monoisotopic (exact) mass is 550 g/mol. The number of halogens is 1. The van der Waals surface area contributed by atoms with E-state index in [1.165, 1.54) is 31.4 Å². The van der Waals surface area contributed by atoms with Gasteiger partial charge in [0.1, 0.15) is 11.4 Å². The van der Waals surface area contributed by atoms with Crippen LogP contribution in [0.4, 0.5) is 9.18 Å². The van der Waals surface area contributed by atoms with Gasteiger partial charge in [0.15, 0.2) is 5.78 Å². The first-order valence-electron chi connectivity index (χ1n) is 12.2. The van der Waals surface area contributed by atoms with Gasteiger partial charge in [0, 0.05) is 19.0 Å². The average Bonchev–Trinajstić information content (AvgIpc) is 3.20. The summed E-state index contributed by atoms with van der Waals surface area (Å²) in [6.07, 6.45) is -0.122. The van der Waals surface area contributed by atoms with Crippen LogP contribution in [0.2, 0.25) is 0 Å². The standard InChI is InChI=1S/C27H35FN2O7S/c1-7-19(17-8-10-18(28)11-9-17)21(31)23-20(25(33)35-6)16(2)22(38-23)24(32)29-12-14-36-15-13-30-26(34)37-27(3,4)5/h8-11,19H,7,12-15H2,1-6H3,(H,29,32)(H,30,34). The van der Waals surface area contributed by atoms with E-state index < -0.39 is 35.3 Å². The number of carbonyl (C=O) groups is 4. The Morgan fingerprint density at radius 2 is 1.61 bits per heavy atom. The second-order valence-corrected chi connectivity index (χ2v) is 10.4. The van der Waals surface area contributed by atoms with Gasteiger partial charge in [0.05, 0.1) is 35.6 Å². The number of esters is 1. The van der Waals surface area contributed by atoms with Crippen molar-refractivity contribution in [3.05, 3.63) is 56.5 Å². The second-order valence-electron chi connectivity index (χ2n) is 9.43. The Morgan fingerprint density at radius 3 is 2.16 bits per heavy atom. The molecule has 1 heterocycles. The number of rotatable bonds is 12. The van der Waals surface area contributed by atoms with E-state index in [0.717, 1.165) is 11.3 Å². The number of hydrogen-bond acceptors (Lipinski definition) is 8. The van der Waals surface area contributed by atoms with E-state index in [1.807, 2.05) is 6.92 Å². The Kier molecular flexibility index (Phi) is 11.4. The van der Waals surface area contributed by atoms with Gasteiger partial charge in [-0.3, -0.25) is 9.59 Å². The second kappa shape index (κ2) is 14.0. The maximum absolute atomic E-state index is 13.5. The lowest BCUT2D eigenvalue weighted by molar-refractivity contribution is 0.0499. The molecule has 38 heavy (non-hydrogen) atoms. The van der Waals surface area contributed by atoms with Gasteiger partial charge in [-0.1, -0.05) is 19.1 Å². The van der Waals surface area contributed by atoms with Crippen molar-refractivity contribution in [2.75, 3.05) is 33.4 Å². The van der Waals surface area contributed by atoms with Crippen LogP contribution in [0, 0.1) is 12.7 Å². The van der Waals surface area contributed by atoms with E-state index in [1.54, 1.807) is 27.7 Å². The lowest BCUT2D eigenvalue weighted by Gasteiger charge is -2.19. The number of methoxy groups -OCH3 is 1. The summed E-state index contributed by atoms with van der Waals surface area (Å²) < 4.78 is 28.8. The summed E-state index contributed by atoms with van der Waals surface area (Å²) >= 11 is 0.928. The minimum atomic E-state index is -0.712. The molecule has 1 aromatic carbocycles. The molecule has 0 spiro atoms. The van der Waals surface area contributed by atoms with Crippen LogP contribution in [-0.2, 0) is 14.2 Å². The number of ether oxygens (including phenoxy) is 3. The number of amides is 2. The fourth-order valence-corrected chi connectivity index (χ4v) is 4.84. The molecule has 11 heteroatoms. The van der Waals surface area contributed by atoms with Gasteiger partial charge in [0.25, 0.3) is 5.91 Å². The molecule has 0 bridgehead atoms. The van der Waals surface area contributed by atoms with Gasteiger partial charge in [-0.25, -0.2) is 14.0 Å². The number of ketones is 1. The van der Waals surface area contributed by atoms with E-state index in [9.17, 15) is 23.6 Å². The highest BCUT2D eigenvalue weighted by Crippen LogP contribution is 2.34. The molecule has 2 amide bonds. The van der Waals surface area contributed by atoms with Crippen LogP contribution in [0.5, 0.6) is 0 Å². The minimum Gasteiger partial charge on any atom is -0.465 e. The Hall–Kier alpha value is -3.31. The van der Waals surface area contributed by atoms with Crippen LogP contribution in [-0.4, -0.2) is 62.8 Å². The lowest BCUT2D eigenvalue weighted by atomic mass is 9.90. The van der Waals surface area contributed by atoms with Crippen molar-refractivity contribution in [2.24, 2.45) is 0 Å². The molecule has 0 aliphatic rings. The van der Waals surface area contributed by atoms with Crippen molar-refractivity contribution in [1.29, 1.82) is 0 Å². The first kappa shape index (κ1) is 30.9. The highest BCUT2D eigenvalue weighted by Gasteiger charge is 2.32. The summed E-state index contributed by atoms with van der Waals surface area (Å²) in [4.78, 5) is 50.9. The van der Waals surface area contributed by atoms with Gasteiger partial charge < -0.3 is 24.8 Å². The first-order chi connectivity index (χ1) is 17.9. The molecule has 0 saturated heterocycles. The highest BCUT2D eigenvalue weighted by molar-refractivity contribution is 7.16. The van der Waals surface area contributed by atoms with Gasteiger partial charge in [0.2, 0.25) is 0 Å². The zero-order valence-electron chi connectivity index (χ0n) is 22.6. The Balaban J connectivity index is 2.04. The van der Waals surface area contributed by atoms with Crippen molar-refractivity contribution in [2.45, 2.75) is 52.6 Å². The van der Waals surface area contributed by atoms with Gasteiger partial charge in [-0.05, 0) is 57.4 Å². The van der Waals surface area contributed by atoms with Gasteiger partial charge >= 0.3 is 12.1 Å². The summed E-state index contributed by atoms with van der Waals surface area (Å²) in [6.45, 7) is 9.53. The number of alkyl carbamates (subject to hydrolysis) is 1. The largest absolute Gasteiger partial charge is 0.465 e. The van der Waals surface area contributed by atoms with E-state index in [-0.39, 0.29) is 47.4 Å². The number of nitrogens with one attached hydrogen (secondary N) is 2. The third-order valence-corrected chi connectivity index (χ3v) is 6.72. The molecule has 1 unspecified atom stereocenters. The molecule has 0 radical (unpaired) electrons. The van der Waals surface area contributed by atoms with E-state index >= 15 is 0 Å². The molecule has 0 aliphatic carbocycles. The van der Waals surface area contributed by atoms with E-state index in [0.29, 0.717) is 17.5 Å². The van der Waals surface area contributed by atoms with Crippen molar-refractivity contribution in [3.8, 4) is 0 Å². The van der Waals surface area contributed by atoms with Crippen LogP contribution in [0.1, 0.15) is 80.9 Å². The Bertz CT molecular complexity index is 1140. The SMILES string of the molecule is CCC(C(=O)c1sc(C(=O)NCCOCCNC(=O)OC(C)(C)C)c(C)c1C(=O)OC)c1ccc(F)cc1. The maximum atomic E-state index is 13.5. The summed E-state index contributed by atoms with van der Waals surface area (Å²) in [7, 11) is 1.21. The minimum absolute atomic E-state index is 0.0534. The average molecular weight is 551 g/mol. The van der Waals surface area contributed by atoms with Crippen LogP contribution in [0.3, 0.4) is 0 Å². The van der Waals surface area contributed by atoms with Crippen LogP contribution in [0.25, 0.3) is 0 Å². The number of thiophene rings is 1. The molecule has 0 aliphatic heterocycles. The van der Waals surface area contributed by atoms with Gasteiger partial charge in [-0.15, -0.1) is 11.3 Å². The summed E-state index contributed by atoms with van der Waals surface area (Å²) in [5, 5.41) is 5.29. The number of carbonyl (C=O) groups excluding carboxylic acids is 4. The first-order valence-corrected chi connectivity index (χ1v) is 13.0. The molecular weight excluding hydrogens is 515 g/mol. The molecule has 2 rings (SSSR count). The molecular formula is C27H35FN2O7S. The Labute approximate surface area is 226 Å². The van der Waals surface area contributed by atoms with Crippen LogP contribution in [0.15, 0.2) is 24.3 Å². The van der Waals surface area contributed by atoms with E-state index in [2.05, 4.69) is 10.6 Å². The number of hydrogen-bond donors (Lipinski definition) is 2. The summed E-state index contributed by atoms with van der Waals surface area (Å²) in [5.74, 6) is -2.54. The lowest BCUT2D eigenvalue weighted by Crippen LogP contribution is -2.34. The molecule has 1 aromatic heterocycles. The third-order valence-electron chi connectivity index (χ3n) is 5.41. The summed E-state index contributed by atoms with van der Waals surface area (Å²) in [5.41, 5.74) is 0.424. The summed E-state index contributed by atoms with van der Waals surface area (Å²) in [6, 6.07) is 5.63. The van der Waals surface area contributed by atoms with Crippen LogP contribution < -0.4 is 10.6 Å². The fraction of sp³-hybridized carbons (Fsp3) is 0.481. The maximum Gasteiger partial charge on any atom is 0.407 e. The van der Waals surface area contributed by atoms with Gasteiger partial charge in [-0.2, -0.15) is 0 Å². The highest BCUT2D eigenvalue weighted by atomic mass is 32.1. The molecule has 1 atom stereocenters. The van der Waals surface area contributed by atoms with Crippen molar-refractivity contribution < 1.29 is 37.8 Å². The quantitative estimate of drug-likeness (QED) is 0.225. The van der Waals surface area contributed by atoms with Crippen molar-refractivity contribution in [1.82, 2.24) is 10.6 Å². The Morgan fingerprint density at radius 1 is 1.00 bits per heavy atom. The molecule has 0 fully saturated rings. The number of Topliss-reactive ketones (excluding diaryl/α,β-unsaturated/α-hetero) is 1. The molecule has 9 nitrogen and oxygen atoms in total. The van der Waals surface area contributed by atoms with E-state index in [4.69, 9.17) is 14.2 Å².